The lowest BCUT2D eigenvalue weighted by Crippen LogP contribution is -2.30. The minimum Gasteiger partial charge on any atom is -0.372 e. The molecule has 0 spiro atoms. The highest BCUT2D eigenvalue weighted by Gasteiger charge is 2.13. The van der Waals surface area contributed by atoms with Crippen molar-refractivity contribution in [3.8, 4) is 0 Å². The predicted octanol–water partition coefficient (Wildman–Crippen LogP) is 2.48. The maximum absolute atomic E-state index is 5.83. The molecule has 1 aliphatic rings. The van der Waals surface area contributed by atoms with E-state index in [4.69, 9.17) is 4.74 Å². The number of nitrogens with one attached hydrogen (secondary N) is 2. The molecule has 3 nitrogen and oxygen atoms in total. The Morgan fingerprint density at radius 1 is 1.56 bits per heavy atom. The second-order valence-corrected chi connectivity index (χ2v) is 4.64. The summed E-state index contributed by atoms with van der Waals surface area (Å²) in [6, 6.07) is 4.09. The molecule has 3 heteroatoms. The maximum Gasteiger partial charge on any atom is 0.0944 e. The van der Waals surface area contributed by atoms with Gasteiger partial charge < -0.3 is 15.0 Å². The molecule has 1 aliphatic heterocycles. The van der Waals surface area contributed by atoms with Crippen LogP contribution in [-0.2, 0) is 4.74 Å². The molecule has 2 heterocycles. The van der Waals surface area contributed by atoms with Crippen LogP contribution < -0.4 is 5.32 Å². The van der Waals surface area contributed by atoms with Gasteiger partial charge >= 0.3 is 0 Å². The number of hydrogen-bond donors (Lipinski definition) is 2. The van der Waals surface area contributed by atoms with Crippen LogP contribution in [0.3, 0.4) is 0 Å². The maximum atomic E-state index is 5.83. The topological polar surface area (TPSA) is 37.0 Å². The Balaban J connectivity index is 1.63. The fourth-order valence-corrected chi connectivity index (χ4v) is 2.27. The summed E-state index contributed by atoms with van der Waals surface area (Å²) in [6.07, 6.45) is 5.98. The zero-order valence-electron chi connectivity index (χ0n) is 10.0. The van der Waals surface area contributed by atoms with Gasteiger partial charge in [0.05, 0.1) is 6.10 Å². The van der Waals surface area contributed by atoms with E-state index in [9.17, 15) is 0 Å². The molecule has 0 radical (unpaired) electrons. The number of H-pyrrole nitrogens is 1. The quantitative estimate of drug-likeness (QED) is 0.803. The molecule has 0 saturated carbocycles. The van der Waals surface area contributed by atoms with Crippen molar-refractivity contribution in [1.82, 2.24) is 10.3 Å². The first-order chi connectivity index (χ1) is 7.86. The van der Waals surface area contributed by atoms with E-state index >= 15 is 0 Å². The molecule has 2 N–H and O–H groups in total. The first-order valence-corrected chi connectivity index (χ1v) is 6.32. The normalized spacial score (nSPS) is 23.2. The van der Waals surface area contributed by atoms with Crippen LogP contribution >= 0.6 is 0 Å². The van der Waals surface area contributed by atoms with E-state index in [1.165, 1.54) is 38.0 Å². The second-order valence-electron chi connectivity index (χ2n) is 4.64. The first kappa shape index (κ1) is 11.7. The summed E-state index contributed by atoms with van der Waals surface area (Å²) >= 11 is 0. The van der Waals surface area contributed by atoms with E-state index < -0.39 is 0 Å². The lowest BCUT2D eigenvalue weighted by atomic mass is 9.97. The minimum absolute atomic E-state index is 0.187. The molecule has 0 aromatic carbocycles. The first-order valence-electron chi connectivity index (χ1n) is 6.32. The molecular formula is C13H22N2O. The Morgan fingerprint density at radius 2 is 2.50 bits per heavy atom. The van der Waals surface area contributed by atoms with Gasteiger partial charge in [-0.05, 0) is 57.3 Å². The second kappa shape index (κ2) is 6.06. The standard InChI is InChI=1S/C13H22N2O/c1-11(13-5-3-8-15-13)16-9-6-12-4-2-7-14-10-12/h3,5,8,11-12,14-15H,2,4,6-7,9-10H2,1H3/t11-,12+/m0/s1. The van der Waals surface area contributed by atoms with Crippen LogP contribution in [0.25, 0.3) is 0 Å². The number of aromatic nitrogens is 1. The lowest BCUT2D eigenvalue weighted by molar-refractivity contribution is 0.0516. The van der Waals surface area contributed by atoms with Crippen molar-refractivity contribution in [2.75, 3.05) is 19.7 Å². The predicted molar refractivity (Wildman–Crippen MR) is 65.4 cm³/mol. The molecule has 0 unspecified atom stereocenters. The SMILES string of the molecule is C[C@H](OCC[C@H]1CCCNC1)c1ccc[nH]1. The Morgan fingerprint density at radius 3 is 3.19 bits per heavy atom. The van der Waals surface area contributed by atoms with E-state index in [1.807, 2.05) is 12.3 Å². The number of aromatic amines is 1. The van der Waals surface area contributed by atoms with Gasteiger partial charge in [0, 0.05) is 18.5 Å². The number of rotatable bonds is 5. The molecule has 2 atom stereocenters. The van der Waals surface area contributed by atoms with Crippen molar-refractivity contribution in [2.45, 2.75) is 32.3 Å². The average molecular weight is 222 g/mol. The molecule has 0 amide bonds. The highest BCUT2D eigenvalue weighted by molar-refractivity contribution is 5.06. The van der Waals surface area contributed by atoms with Gasteiger partial charge in [0.1, 0.15) is 0 Å². The third-order valence-corrected chi connectivity index (χ3v) is 3.35. The minimum atomic E-state index is 0.187. The van der Waals surface area contributed by atoms with Gasteiger partial charge in [0.25, 0.3) is 0 Å². The van der Waals surface area contributed by atoms with Crippen LogP contribution in [-0.4, -0.2) is 24.7 Å². The van der Waals surface area contributed by atoms with Crippen molar-refractivity contribution in [3.05, 3.63) is 24.0 Å². The summed E-state index contributed by atoms with van der Waals surface area (Å²) in [5.41, 5.74) is 1.17. The van der Waals surface area contributed by atoms with Crippen molar-refractivity contribution >= 4 is 0 Å². The van der Waals surface area contributed by atoms with E-state index in [0.29, 0.717) is 0 Å². The molecule has 16 heavy (non-hydrogen) atoms. The van der Waals surface area contributed by atoms with Gasteiger partial charge in [-0.15, -0.1) is 0 Å². The summed E-state index contributed by atoms with van der Waals surface area (Å²) in [4.78, 5) is 3.19. The number of piperidine rings is 1. The van der Waals surface area contributed by atoms with Gasteiger partial charge in [-0.2, -0.15) is 0 Å². The van der Waals surface area contributed by atoms with Crippen LogP contribution in [0.2, 0.25) is 0 Å². The van der Waals surface area contributed by atoms with Gasteiger partial charge in [0.2, 0.25) is 0 Å². The summed E-state index contributed by atoms with van der Waals surface area (Å²) < 4.78 is 5.83. The van der Waals surface area contributed by atoms with Crippen LogP contribution in [0.15, 0.2) is 18.3 Å². The average Bonchev–Trinajstić information content (AvgIpc) is 2.84. The van der Waals surface area contributed by atoms with E-state index in [2.05, 4.69) is 23.3 Å². The molecule has 0 bridgehead atoms. The van der Waals surface area contributed by atoms with Crippen LogP contribution in [0.5, 0.6) is 0 Å². The van der Waals surface area contributed by atoms with E-state index in [0.717, 1.165) is 12.5 Å². The Bertz CT molecular complexity index is 278. The number of hydrogen-bond acceptors (Lipinski definition) is 2. The van der Waals surface area contributed by atoms with Gasteiger partial charge in [-0.3, -0.25) is 0 Å². The molecule has 1 aromatic rings. The third kappa shape index (κ3) is 3.35. The molecule has 1 fully saturated rings. The van der Waals surface area contributed by atoms with Gasteiger partial charge in [-0.1, -0.05) is 0 Å². The lowest BCUT2D eigenvalue weighted by Gasteiger charge is -2.23. The Hall–Kier alpha value is -0.800. The van der Waals surface area contributed by atoms with Gasteiger partial charge in [-0.25, -0.2) is 0 Å². The van der Waals surface area contributed by atoms with Gasteiger partial charge in [0.15, 0.2) is 0 Å². The molecule has 1 saturated heterocycles. The van der Waals surface area contributed by atoms with E-state index in [-0.39, 0.29) is 6.10 Å². The molecule has 90 valence electrons. The summed E-state index contributed by atoms with van der Waals surface area (Å²) in [5, 5.41) is 3.44. The van der Waals surface area contributed by atoms with Crippen molar-refractivity contribution in [2.24, 2.45) is 5.92 Å². The Labute approximate surface area is 97.6 Å². The highest BCUT2D eigenvalue weighted by Crippen LogP contribution is 2.18. The Kier molecular flexibility index (Phi) is 4.43. The molecular weight excluding hydrogens is 200 g/mol. The van der Waals surface area contributed by atoms with Crippen LogP contribution in [0.1, 0.15) is 38.0 Å². The smallest absolute Gasteiger partial charge is 0.0944 e. The summed E-state index contributed by atoms with van der Waals surface area (Å²) in [7, 11) is 0. The third-order valence-electron chi connectivity index (χ3n) is 3.35. The zero-order valence-corrected chi connectivity index (χ0v) is 10.0. The summed E-state index contributed by atoms with van der Waals surface area (Å²) in [6.45, 7) is 5.33. The zero-order chi connectivity index (χ0) is 11.2. The van der Waals surface area contributed by atoms with Crippen LogP contribution in [0.4, 0.5) is 0 Å². The monoisotopic (exact) mass is 222 g/mol. The van der Waals surface area contributed by atoms with Crippen molar-refractivity contribution < 1.29 is 4.74 Å². The van der Waals surface area contributed by atoms with Crippen LogP contribution in [0, 0.1) is 5.92 Å². The molecule has 1 aromatic heterocycles. The van der Waals surface area contributed by atoms with Crippen molar-refractivity contribution in [3.63, 3.8) is 0 Å². The van der Waals surface area contributed by atoms with E-state index in [1.54, 1.807) is 0 Å². The number of ether oxygens (including phenoxy) is 1. The largest absolute Gasteiger partial charge is 0.372 e. The molecule has 0 aliphatic carbocycles. The summed E-state index contributed by atoms with van der Waals surface area (Å²) in [5.74, 6) is 0.810. The highest BCUT2D eigenvalue weighted by atomic mass is 16.5. The fraction of sp³-hybridized carbons (Fsp3) is 0.692. The molecule has 2 rings (SSSR count). The van der Waals surface area contributed by atoms with Crippen molar-refractivity contribution in [1.29, 1.82) is 0 Å². The fourth-order valence-electron chi connectivity index (χ4n) is 2.27.